The first-order chi connectivity index (χ1) is 13.5. The summed E-state index contributed by atoms with van der Waals surface area (Å²) in [5.41, 5.74) is 2.56. The molecule has 3 amide bonds. The highest BCUT2D eigenvalue weighted by Gasteiger charge is 2.21. The molecule has 0 aromatic heterocycles. The highest BCUT2D eigenvalue weighted by atomic mass is 16.5. The van der Waals surface area contributed by atoms with Gasteiger partial charge in [0.15, 0.2) is 0 Å². The van der Waals surface area contributed by atoms with Crippen LogP contribution in [0.25, 0.3) is 0 Å². The maximum atomic E-state index is 12.5. The number of ether oxygens (including phenoxy) is 1. The minimum absolute atomic E-state index is 0.121. The second-order valence-corrected chi connectivity index (χ2v) is 6.80. The van der Waals surface area contributed by atoms with E-state index in [1.165, 1.54) is 12.5 Å². The third-order valence-corrected chi connectivity index (χ3v) is 4.66. The van der Waals surface area contributed by atoms with Crippen molar-refractivity contribution >= 4 is 23.3 Å². The van der Waals surface area contributed by atoms with E-state index in [0.29, 0.717) is 24.5 Å². The highest BCUT2D eigenvalue weighted by molar-refractivity contribution is 5.92. The molecule has 28 heavy (non-hydrogen) atoms. The average molecular weight is 382 g/mol. The number of anilines is 2. The SMILES string of the molecule is COc1ccc(CN2CCN(C(=O)Nc3cccc(NC(C)=O)c3)CC2)cc1. The lowest BCUT2D eigenvalue weighted by Gasteiger charge is -2.34. The lowest BCUT2D eigenvalue weighted by atomic mass is 10.2. The molecule has 0 radical (unpaired) electrons. The van der Waals surface area contributed by atoms with Gasteiger partial charge in [-0.05, 0) is 35.9 Å². The summed E-state index contributed by atoms with van der Waals surface area (Å²) in [6, 6.07) is 15.1. The summed E-state index contributed by atoms with van der Waals surface area (Å²) >= 11 is 0. The van der Waals surface area contributed by atoms with Crippen LogP contribution in [0.1, 0.15) is 12.5 Å². The van der Waals surface area contributed by atoms with Crippen LogP contribution >= 0.6 is 0 Å². The predicted octanol–water partition coefficient (Wildman–Crippen LogP) is 3.00. The van der Waals surface area contributed by atoms with Gasteiger partial charge in [0.25, 0.3) is 0 Å². The van der Waals surface area contributed by atoms with Crippen molar-refractivity contribution in [1.29, 1.82) is 0 Å². The molecule has 1 aliphatic rings. The molecule has 7 heteroatoms. The van der Waals surface area contributed by atoms with Crippen LogP contribution in [0.2, 0.25) is 0 Å². The van der Waals surface area contributed by atoms with Crippen molar-refractivity contribution in [3.8, 4) is 5.75 Å². The number of amides is 3. The van der Waals surface area contributed by atoms with Crippen molar-refractivity contribution < 1.29 is 14.3 Å². The van der Waals surface area contributed by atoms with Gasteiger partial charge in [-0.2, -0.15) is 0 Å². The Labute approximate surface area is 165 Å². The fourth-order valence-electron chi connectivity index (χ4n) is 3.18. The number of rotatable bonds is 5. The number of nitrogens with zero attached hydrogens (tertiary/aromatic N) is 2. The van der Waals surface area contributed by atoms with Crippen molar-refractivity contribution in [2.75, 3.05) is 43.9 Å². The lowest BCUT2D eigenvalue weighted by Crippen LogP contribution is -2.49. The minimum Gasteiger partial charge on any atom is -0.497 e. The monoisotopic (exact) mass is 382 g/mol. The van der Waals surface area contributed by atoms with Crippen LogP contribution in [0.5, 0.6) is 5.75 Å². The van der Waals surface area contributed by atoms with Crippen molar-refractivity contribution in [3.05, 3.63) is 54.1 Å². The molecule has 0 atom stereocenters. The molecule has 2 aromatic rings. The van der Waals surface area contributed by atoms with Gasteiger partial charge in [-0.1, -0.05) is 18.2 Å². The Morgan fingerprint density at radius 1 is 0.964 bits per heavy atom. The van der Waals surface area contributed by atoms with Crippen LogP contribution < -0.4 is 15.4 Å². The van der Waals surface area contributed by atoms with Crippen molar-refractivity contribution in [2.45, 2.75) is 13.5 Å². The Morgan fingerprint density at radius 3 is 2.21 bits per heavy atom. The smallest absolute Gasteiger partial charge is 0.321 e. The molecule has 3 rings (SSSR count). The highest BCUT2D eigenvalue weighted by Crippen LogP contribution is 2.17. The van der Waals surface area contributed by atoms with Crippen LogP contribution in [0.3, 0.4) is 0 Å². The van der Waals surface area contributed by atoms with E-state index in [1.807, 2.05) is 23.1 Å². The molecule has 148 valence electrons. The van der Waals surface area contributed by atoms with Crippen LogP contribution in [0, 0.1) is 0 Å². The lowest BCUT2D eigenvalue weighted by molar-refractivity contribution is -0.114. The molecule has 7 nitrogen and oxygen atoms in total. The van der Waals surface area contributed by atoms with Gasteiger partial charge in [-0.15, -0.1) is 0 Å². The van der Waals surface area contributed by atoms with E-state index in [9.17, 15) is 9.59 Å². The maximum Gasteiger partial charge on any atom is 0.321 e. The molecule has 1 aliphatic heterocycles. The molecule has 0 unspecified atom stereocenters. The van der Waals surface area contributed by atoms with Gasteiger partial charge >= 0.3 is 6.03 Å². The molecule has 0 spiro atoms. The van der Waals surface area contributed by atoms with Crippen LogP contribution in [0.15, 0.2) is 48.5 Å². The van der Waals surface area contributed by atoms with E-state index in [1.54, 1.807) is 25.3 Å². The molecule has 1 heterocycles. The quantitative estimate of drug-likeness (QED) is 0.834. The van der Waals surface area contributed by atoms with Gasteiger partial charge in [0.05, 0.1) is 7.11 Å². The van der Waals surface area contributed by atoms with Gasteiger partial charge < -0.3 is 20.3 Å². The van der Waals surface area contributed by atoms with Crippen molar-refractivity contribution in [2.24, 2.45) is 0 Å². The summed E-state index contributed by atoms with van der Waals surface area (Å²) < 4.78 is 5.19. The van der Waals surface area contributed by atoms with Crippen molar-refractivity contribution in [1.82, 2.24) is 9.80 Å². The molecule has 0 bridgehead atoms. The second-order valence-electron chi connectivity index (χ2n) is 6.80. The molecule has 0 aliphatic carbocycles. The number of hydrogen-bond acceptors (Lipinski definition) is 4. The number of carbonyl (C=O) groups is 2. The third-order valence-electron chi connectivity index (χ3n) is 4.66. The molecular formula is C21H26N4O3. The zero-order valence-corrected chi connectivity index (χ0v) is 16.3. The number of methoxy groups -OCH3 is 1. The Hall–Kier alpha value is -3.06. The Morgan fingerprint density at radius 2 is 1.61 bits per heavy atom. The fraction of sp³-hybridized carbons (Fsp3) is 0.333. The summed E-state index contributed by atoms with van der Waals surface area (Å²) in [5.74, 6) is 0.712. The van der Waals surface area contributed by atoms with Crippen molar-refractivity contribution in [3.63, 3.8) is 0 Å². The molecular weight excluding hydrogens is 356 g/mol. The average Bonchev–Trinajstić information content (AvgIpc) is 2.69. The van der Waals surface area contributed by atoms with E-state index in [0.717, 1.165) is 25.4 Å². The summed E-state index contributed by atoms with van der Waals surface area (Å²) in [6.45, 7) is 5.31. The first-order valence-electron chi connectivity index (χ1n) is 9.32. The standard InChI is InChI=1S/C21H26N4O3/c1-16(26)22-18-4-3-5-19(14-18)23-21(27)25-12-10-24(11-13-25)15-17-6-8-20(28-2)9-7-17/h3-9,14H,10-13,15H2,1-2H3,(H,22,26)(H,23,27). The van der Waals surface area contributed by atoms with Gasteiger partial charge in [0.1, 0.15) is 5.75 Å². The summed E-state index contributed by atoms with van der Waals surface area (Å²) in [7, 11) is 1.66. The number of piperazine rings is 1. The van der Waals surface area contributed by atoms with Gasteiger partial charge in [0, 0.05) is 51.0 Å². The van der Waals surface area contributed by atoms with E-state index in [2.05, 4.69) is 27.7 Å². The number of carbonyl (C=O) groups excluding carboxylic acids is 2. The molecule has 0 saturated carbocycles. The van der Waals surface area contributed by atoms with Crippen LogP contribution in [0.4, 0.5) is 16.2 Å². The molecule has 1 saturated heterocycles. The summed E-state index contributed by atoms with van der Waals surface area (Å²) in [5, 5.41) is 5.62. The third kappa shape index (κ3) is 5.47. The number of benzene rings is 2. The first kappa shape index (κ1) is 19.7. The maximum absolute atomic E-state index is 12.5. The largest absolute Gasteiger partial charge is 0.497 e. The Kier molecular flexibility index (Phi) is 6.49. The number of urea groups is 1. The number of nitrogens with one attached hydrogen (secondary N) is 2. The van der Waals surface area contributed by atoms with Gasteiger partial charge in [-0.3, -0.25) is 9.69 Å². The zero-order valence-electron chi connectivity index (χ0n) is 16.3. The number of hydrogen-bond donors (Lipinski definition) is 2. The summed E-state index contributed by atoms with van der Waals surface area (Å²) in [4.78, 5) is 27.9. The molecule has 2 aromatic carbocycles. The van der Waals surface area contributed by atoms with Crippen LogP contribution in [-0.4, -0.2) is 55.0 Å². The Balaban J connectivity index is 1.48. The van der Waals surface area contributed by atoms with E-state index >= 15 is 0 Å². The molecule has 2 N–H and O–H groups in total. The second kappa shape index (κ2) is 9.23. The van der Waals surface area contributed by atoms with E-state index in [4.69, 9.17) is 4.74 Å². The predicted molar refractivity (Wildman–Crippen MR) is 110 cm³/mol. The normalized spacial score (nSPS) is 14.4. The topological polar surface area (TPSA) is 73.9 Å². The van der Waals surface area contributed by atoms with E-state index in [-0.39, 0.29) is 11.9 Å². The van der Waals surface area contributed by atoms with E-state index < -0.39 is 0 Å². The Bertz CT molecular complexity index is 815. The minimum atomic E-state index is -0.142. The first-order valence-corrected chi connectivity index (χ1v) is 9.32. The van der Waals surface area contributed by atoms with Gasteiger partial charge in [0.2, 0.25) is 5.91 Å². The summed E-state index contributed by atoms with van der Waals surface area (Å²) in [6.07, 6.45) is 0. The molecule has 1 fully saturated rings. The zero-order chi connectivity index (χ0) is 19.9. The van der Waals surface area contributed by atoms with Gasteiger partial charge in [-0.25, -0.2) is 4.79 Å². The fourth-order valence-corrected chi connectivity index (χ4v) is 3.18. The van der Waals surface area contributed by atoms with Crippen LogP contribution in [-0.2, 0) is 11.3 Å².